The summed E-state index contributed by atoms with van der Waals surface area (Å²) in [5.41, 5.74) is 0.720. The quantitative estimate of drug-likeness (QED) is 0.610. The monoisotopic (exact) mass is 349 g/mol. The third-order valence-electron chi connectivity index (χ3n) is 3.28. The van der Waals surface area contributed by atoms with Crippen molar-refractivity contribution in [3.05, 3.63) is 45.5 Å². The normalized spacial score (nSPS) is 12.0. The number of nitrogens with zero attached hydrogens (tertiary/aromatic N) is 2. The van der Waals surface area contributed by atoms with Crippen LogP contribution in [0.3, 0.4) is 0 Å². The molecule has 2 N–H and O–H groups in total. The second kappa shape index (κ2) is 7.18. The van der Waals surface area contributed by atoms with Crippen LogP contribution in [0.25, 0.3) is 10.6 Å². The van der Waals surface area contributed by atoms with Crippen LogP contribution < -0.4 is 5.32 Å². The standard InChI is InChI=1S/C15H15N3O5S/c1-8(2)12(15(20)21)17-13(19)11-7-24-14(16-11)9-3-5-10(6-4-9)18(22)23/h3-8,12H,1-2H3,(H,17,19)(H,20,21)/t12-/m0/s1. The number of carbonyl (C=O) groups excluding carboxylic acids is 1. The first-order valence-electron chi connectivity index (χ1n) is 7.03. The first-order valence-corrected chi connectivity index (χ1v) is 7.91. The van der Waals surface area contributed by atoms with Gasteiger partial charge in [0.2, 0.25) is 0 Å². The maximum atomic E-state index is 12.1. The summed E-state index contributed by atoms with van der Waals surface area (Å²) in [5.74, 6) is -1.94. The number of aromatic nitrogens is 1. The smallest absolute Gasteiger partial charge is 0.326 e. The summed E-state index contributed by atoms with van der Waals surface area (Å²) in [5, 5.41) is 24.2. The minimum absolute atomic E-state index is 0.0329. The summed E-state index contributed by atoms with van der Waals surface area (Å²) in [4.78, 5) is 37.6. The van der Waals surface area contributed by atoms with Crippen LogP contribution in [0.15, 0.2) is 29.6 Å². The van der Waals surface area contributed by atoms with Gasteiger partial charge < -0.3 is 10.4 Å². The Hall–Kier alpha value is -2.81. The Balaban J connectivity index is 2.16. The molecule has 126 valence electrons. The van der Waals surface area contributed by atoms with Crippen molar-refractivity contribution in [2.45, 2.75) is 19.9 Å². The Labute approximate surface area is 141 Å². The summed E-state index contributed by atoms with van der Waals surface area (Å²) < 4.78 is 0. The lowest BCUT2D eigenvalue weighted by molar-refractivity contribution is -0.384. The number of carboxylic acid groups (broad SMARTS) is 1. The molecule has 0 spiro atoms. The van der Waals surface area contributed by atoms with Crippen molar-refractivity contribution < 1.29 is 19.6 Å². The van der Waals surface area contributed by atoms with Crippen molar-refractivity contribution in [2.24, 2.45) is 5.92 Å². The maximum absolute atomic E-state index is 12.1. The van der Waals surface area contributed by atoms with Crippen LogP contribution in [0.2, 0.25) is 0 Å². The Kier molecular flexibility index (Phi) is 5.24. The van der Waals surface area contributed by atoms with Crippen LogP contribution >= 0.6 is 11.3 Å². The molecule has 0 fully saturated rings. The van der Waals surface area contributed by atoms with E-state index in [0.29, 0.717) is 10.6 Å². The molecule has 1 amide bonds. The fourth-order valence-corrected chi connectivity index (χ4v) is 2.77. The molecule has 8 nitrogen and oxygen atoms in total. The predicted octanol–water partition coefficient (Wildman–Crippen LogP) is 2.56. The van der Waals surface area contributed by atoms with Gasteiger partial charge in [0.1, 0.15) is 16.7 Å². The van der Waals surface area contributed by atoms with Gasteiger partial charge in [0, 0.05) is 23.1 Å². The van der Waals surface area contributed by atoms with Crippen molar-refractivity contribution in [2.75, 3.05) is 0 Å². The third kappa shape index (κ3) is 3.93. The lowest BCUT2D eigenvalue weighted by atomic mass is 10.0. The van der Waals surface area contributed by atoms with Gasteiger partial charge in [-0.05, 0) is 18.1 Å². The molecule has 0 aliphatic rings. The molecule has 0 bridgehead atoms. The van der Waals surface area contributed by atoms with Crippen LogP contribution in [0, 0.1) is 16.0 Å². The summed E-state index contributed by atoms with van der Waals surface area (Å²) in [6.07, 6.45) is 0. The number of rotatable bonds is 6. The Bertz CT molecular complexity index is 770. The van der Waals surface area contributed by atoms with Crippen molar-refractivity contribution in [3.8, 4) is 10.6 Å². The molecule has 1 aromatic heterocycles. The summed E-state index contributed by atoms with van der Waals surface area (Å²) in [6, 6.07) is 4.81. The van der Waals surface area contributed by atoms with E-state index in [4.69, 9.17) is 5.11 Å². The average Bonchev–Trinajstić information content (AvgIpc) is 3.01. The van der Waals surface area contributed by atoms with Gasteiger partial charge in [0.05, 0.1) is 4.92 Å². The van der Waals surface area contributed by atoms with Crippen molar-refractivity contribution >= 4 is 28.9 Å². The Morgan fingerprint density at radius 1 is 1.29 bits per heavy atom. The zero-order chi connectivity index (χ0) is 17.9. The first-order chi connectivity index (χ1) is 11.3. The van der Waals surface area contributed by atoms with Gasteiger partial charge in [-0.1, -0.05) is 13.8 Å². The molecule has 0 unspecified atom stereocenters. The van der Waals surface area contributed by atoms with Gasteiger partial charge >= 0.3 is 5.97 Å². The molecule has 0 aliphatic heterocycles. The topological polar surface area (TPSA) is 122 Å². The van der Waals surface area contributed by atoms with Gasteiger partial charge in [-0.25, -0.2) is 9.78 Å². The van der Waals surface area contributed by atoms with Gasteiger partial charge in [-0.2, -0.15) is 0 Å². The van der Waals surface area contributed by atoms with E-state index in [1.807, 2.05) is 0 Å². The molecule has 24 heavy (non-hydrogen) atoms. The number of thiazole rings is 1. The first kappa shape index (κ1) is 17.5. The van der Waals surface area contributed by atoms with Crippen molar-refractivity contribution in [1.82, 2.24) is 10.3 Å². The zero-order valence-electron chi connectivity index (χ0n) is 12.9. The Morgan fingerprint density at radius 3 is 2.42 bits per heavy atom. The number of aliphatic carboxylic acids is 1. The highest BCUT2D eigenvalue weighted by molar-refractivity contribution is 7.13. The van der Waals surface area contributed by atoms with E-state index in [9.17, 15) is 19.7 Å². The van der Waals surface area contributed by atoms with Gasteiger partial charge in [-0.15, -0.1) is 11.3 Å². The molecule has 0 radical (unpaired) electrons. The SMILES string of the molecule is CC(C)[C@H](NC(=O)c1csc(-c2ccc([N+](=O)[O-])cc2)n1)C(=O)O. The van der Waals surface area contributed by atoms with Crippen molar-refractivity contribution in [1.29, 1.82) is 0 Å². The summed E-state index contributed by atoms with van der Waals surface area (Å²) in [7, 11) is 0. The number of hydrogen-bond donors (Lipinski definition) is 2. The fourth-order valence-electron chi connectivity index (χ4n) is 1.97. The molecule has 9 heteroatoms. The number of non-ortho nitro benzene ring substituents is 1. The lowest BCUT2D eigenvalue weighted by Crippen LogP contribution is -2.44. The molecule has 0 saturated carbocycles. The molecule has 0 aliphatic carbocycles. The number of nitrogens with one attached hydrogen (secondary N) is 1. The van der Waals surface area contributed by atoms with E-state index in [2.05, 4.69) is 10.3 Å². The molecule has 0 saturated heterocycles. The number of benzene rings is 1. The minimum atomic E-state index is -1.11. The van der Waals surface area contributed by atoms with E-state index in [0.717, 1.165) is 0 Å². The highest BCUT2D eigenvalue weighted by atomic mass is 32.1. The molecule has 2 aromatic rings. The Morgan fingerprint density at radius 2 is 1.92 bits per heavy atom. The number of amides is 1. The van der Waals surface area contributed by atoms with E-state index in [1.54, 1.807) is 26.0 Å². The highest BCUT2D eigenvalue weighted by Crippen LogP contribution is 2.25. The maximum Gasteiger partial charge on any atom is 0.326 e. The third-order valence-corrected chi connectivity index (χ3v) is 4.17. The molecular formula is C15H15N3O5S. The second-order valence-corrected chi connectivity index (χ2v) is 6.23. The molecular weight excluding hydrogens is 334 g/mol. The minimum Gasteiger partial charge on any atom is -0.480 e. The van der Waals surface area contributed by atoms with E-state index in [-0.39, 0.29) is 17.3 Å². The predicted molar refractivity (Wildman–Crippen MR) is 87.9 cm³/mol. The van der Waals surface area contributed by atoms with Gasteiger partial charge in [0.15, 0.2) is 0 Å². The van der Waals surface area contributed by atoms with Crippen LogP contribution in [0.4, 0.5) is 5.69 Å². The molecule has 1 atom stereocenters. The summed E-state index contributed by atoms with van der Waals surface area (Å²) >= 11 is 1.20. The van der Waals surface area contributed by atoms with Crippen LogP contribution in [0.5, 0.6) is 0 Å². The van der Waals surface area contributed by atoms with Crippen molar-refractivity contribution in [3.63, 3.8) is 0 Å². The number of nitro groups is 1. The zero-order valence-corrected chi connectivity index (χ0v) is 13.7. The van der Waals surface area contributed by atoms with Crippen LogP contribution in [-0.4, -0.2) is 32.9 Å². The molecule has 1 heterocycles. The number of carboxylic acids is 1. The molecule has 2 rings (SSSR count). The van der Waals surface area contributed by atoms with Crippen LogP contribution in [0.1, 0.15) is 24.3 Å². The van der Waals surface area contributed by atoms with Gasteiger partial charge in [-0.3, -0.25) is 14.9 Å². The average molecular weight is 349 g/mol. The van der Waals surface area contributed by atoms with E-state index < -0.39 is 22.8 Å². The fraction of sp³-hybridized carbons (Fsp3) is 0.267. The molecule has 1 aromatic carbocycles. The van der Waals surface area contributed by atoms with E-state index in [1.165, 1.54) is 28.8 Å². The van der Waals surface area contributed by atoms with E-state index >= 15 is 0 Å². The largest absolute Gasteiger partial charge is 0.480 e. The summed E-state index contributed by atoms with van der Waals surface area (Å²) in [6.45, 7) is 3.39. The second-order valence-electron chi connectivity index (χ2n) is 5.38. The lowest BCUT2D eigenvalue weighted by Gasteiger charge is -2.16. The number of hydrogen-bond acceptors (Lipinski definition) is 6. The van der Waals surface area contributed by atoms with Crippen LogP contribution in [-0.2, 0) is 4.79 Å². The van der Waals surface area contributed by atoms with Gasteiger partial charge in [0.25, 0.3) is 11.6 Å². The number of carbonyl (C=O) groups is 2. The number of nitro benzene ring substituents is 1. The highest BCUT2D eigenvalue weighted by Gasteiger charge is 2.25.